The maximum Gasteiger partial charge on any atom is 0.222 e. The molecule has 19 heavy (non-hydrogen) atoms. The Labute approximate surface area is 115 Å². The van der Waals surface area contributed by atoms with E-state index in [1.54, 1.807) is 0 Å². The van der Waals surface area contributed by atoms with Crippen molar-refractivity contribution in [2.24, 2.45) is 0 Å². The summed E-state index contributed by atoms with van der Waals surface area (Å²) in [6.45, 7) is 4.03. The number of carbonyl (C=O) groups excluding carboxylic acids is 1. The molecule has 0 unspecified atom stereocenters. The number of amides is 1. The minimum atomic E-state index is 0.251. The summed E-state index contributed by atoms with van der Waals surface area (Å²) in [5, 5.41) is 0. The van der Waals surface area contributed by atoms with Gasteiger partial charge >= 0.3 is 0 Å². The average molecular weight is 257 g/mol. The molecule has 102 valence electrons. The number of piperidine rings is 1. The van der Waals surface area contributed by atoms with Gasteiger partial charge in [-0.05, 0) is 38.2 Å². The molecule has 2 fully saturated rings. The van der Waals surface area contributed by atoms with Crippen molar-refractivity contribution in [3.05, 3.63) is 35.4 Å². The molecule has 0 bridgehead atoms. The van der Waals surface area contributed by atoms with Crippen LogP contribution in [0.2, 0.25) is 0 Å². The van der Waals surface area contributed by atoms with Crippen molar-refractivity contribution < 1.29 is 4.79 Å². The summed E-state index contributed by atoms with van der Waals surface area (Å²) in [6.07, 6.45) is 6.78. The van der Waals surface area contributed by atoms with Crippen LogP contribution in [0.5, 0.6) is 0 Å². The molecule has 2 heteroatoms. The molecule has 0 atom stereocenters. The average Bonchev–Trinajstić information content (AvgIpc) is 2.37. The Bertz CT molecular complexity index is 459. The van der Waals surface area contributed by atoms with Crippen LogP contribution in [-0.4, -0.2) is 23.9 Å². The van der Waals surface area contributed by atoms with Crippen molar-refractivity contribution >= 4 is 5.91 Å². The van der Waals surface area contributed by atoms with Crippen LogP contribution in [0.25, 0.3) is 0 Å². The van der Waals surface area contributed by atoms with E-state index in [1.165, 1.54) is 36.8 Å². The SMILES string of the molecule is Cc1ccc(C2(CN3CCCCC3=O)CCC2)cc1. The van der Waals surface area contributed by atoms with E-state index in [1.807, 2.05) is 0 Å². The highest BCUT2D eigenvalue weighted by Gasteiger charge is 2.41. The van der Waals surface area contributed by atoms with Crippen LogP contribution in [0.1, 0.15) is 49.7 Å². The highest BCUT2D eigenvalue weighted by Crippen LogP contribution is 2.44. The molecule has 1 aliphatic carbocycles. The first-order valence-corrected chi connectivity index (χ1v) is 7.55. The van der Waals surface area contributed by atoms with E-state index in [9.17, 15) is 4.79 Å². The van der Waals surface area contributed by atoms with Crippen molar-refractivity contribution in [3.63, 3.8) is 0 Å². The number of likely N-dealkylation sites (tertiary alicyclic amines) is 1. The zero-order chi connectivity index (χ0) is 13.3. The number of benzene rings is 1. The number of nitrogens with zero attached hydrogens (tertiary/aromatic N) is 1. The largest absolute Gasteiger partial charge is 0.342 e. The van der Waals surface area contributed by atoms with Gasteiger partial charge in [-0.15, -0.1) is 0 Å². The van der Waals surface area contributed by atoms with Gasteiger partial charge in [0.25, 0.3) is 0 Å². The fourth-order valence-corrected chi connectivity index (χ4v) is 3.44. The predicted octanol–water partition coefficient (Wildman–Crippen LogP) is 3.43. The van der Waals surface area contributed by atoms with Gasteiger partial charge in [0.15, 0.2) is 0 Å². The smallest absolute Gasteiger partial charge is 0.222 e. The van der Waals surface area contributed by atoms with E-state index in [4.69, 9.17) is 0 Å². The van der Waals surface area contributed by atoms with Gasteiger partial charge in [-0.25, -0.2) is 0 Å². The summed E-state index contributed by atoms with van der Waals surface area (Å²) in [6, 6.07) is 8.94. The number of hydrogen-bond acceptors (Lipinski definition) is 1. The molecular weight excluding hydrogens is 234 g/mol. The molecule has 0 N–H and O–H groups in total. The molecule has 0 aromatic heterocycles. The Hall–Kier alpha value is -1.31. The Balaban J connectivity index is 1.79. The maximum atomic E-state index is 12.0. The van der Waals surface area contributed by atoms with Crippen molar-refractivity contribution in [2.45, 2.75) is 50.9 Å². The lowest BCUT2D eigenvalue weighted by molar-refractivity contribution is -0.134. The molecule has 3 rings (SSSR count). The minimum absolute atomic E-state index is 0.251. The van der Waals surface area contributed by atoms with Gasteiger partial charge < -0.3 is 4.90 Å². The van der Waals surface area contributed by atoms with Crippen molar-refractivity contribution in [1.82, 2.24) is 4.90 Å². The quantitative estimate of drug-likeness (QED) is 0.812. The van der Waals surface area contributed by atoms with Crippen LogP contribution in [0, 0.1) is 6.92 Å². The molecular formula is C17H23NO. The highest BCUT2D eigenvalue weighted by molar-refractivity contribution is 5.77. The number of hydrogen-bond donors (Lipinski definition) is 0. The highest BCUT2D eigenvalue weighted by atomic mass is 16.2. The zero-order valence-electron chi connectivity index (χ0n) is 11.8. The molecule has 1 saturated heterocycles. The fourth-order valence-electron chi connectivity index (χ4n) is 3.44. The lowest BCUT2D eigenvalue weighted by Crippen LogP contribution is -2.49. The third-order valence-corrected chi connectivity index (χ3v) is 4.89. The topological polar surface area (TPSA) is 20.3 Å². The van der Waals surface area contributed by atoms with Gasteiger partial charge in [0, 0.05) is 24.9 Å². The van der Waals surface area contributed by atoms with Crippen LogP contribution >= 0.6 is 0 Å². The monoisotopic (exact) mass is 257 g/mol. The van der Waals surface area contributed by atoms with E-state index in [-0.39, 0.29) is 5.41 Å². The Morgan fingerprint density at radius 1 is 1.11 bits per heavy atom. The second kappa shape index (κ2) is 4.99. The van der Waals surface area contributed by atoms with Gasteiger partial charge in [0.05, 0.1) is 0 Å². The molecule has 2 nitrogen and oxygen atoms in total. The van der Waals surface area contributed by atoms with Crippen molar-refractivity contribution in [2.75, 3.05) is 13.1 Å². The molecule has 1 saturated carbocycles. The standard InChI is InChI=1S/C17H23NO/c1-14-6-8-15(9-7-14)17(10-4-11-17)13-18-12-3-2-5-16(18)19/h6-9H,2-5,10-13H2,1H3. The fraction of sp³-hybridized carbons (Fsp3) is 0.588. The lowest BCUT2D eigenvalue weighted by Gasteiger charge is -2.46. The van der Waals surface area contributed by atoms with Crippen LogP contribution in [0.3, 0.4) is 0 Å². The maximum absolute atomic E-state index is 12.0. The van der Waals surface area contributed by atoms with Gasteiger partial charge in [0.2, 0.25) is 5.91 Å². The van der Waals surface area contributed by atoms with E-state index < -0.39 is 0 Å². The van der Waals surface area contributed by atoms with Gasteiger partial charge in [0.1, 0.15) is 0 Å². The number of aryl methyl sites for hydroxylation is 1. The predicted molar refractivity (Wildman–Crippen MR) is 77.1 cm³/mol. The summed E-state index contributed by atoms with van der Waals surface area (Å²) >= 11 is 0. The van der Waals surface area contributed by atoms with Gasteiger partial charge in [-0.3, -0.25) is 4.79 Å². The van der Waals surface area contributed by atoms with Crippen LogP contribution in [0.4, 0.5) is 0 Å². The van der Waals surface area contributed by atoms with E-state index >= 15 is 0 Å². The normalized spacial score (nSPS) is 22.2. The molecule has 1 heterocycles. The minimum Gasteiger partial charge on any atom is -0.342 e. The van der Waals surface area contributed by atoms with E-state index in [2.05, 4.69) is 36.1 Å². The van der Waals surface area contributed by atoms with Crippen LogP contribution < -0.4 is 0 Å². The summed E-state index contributed by atoms with van der Waals surface area (Å²) in [7, 11) is 0. The molecule has 2 aliphatic rings. The molecule has 1 aromatic rings. The number of carbonyl (C=O) groups is 1. The first-order valence-electron chi connectivity index (χ1n) is 7.55. The molecule has 0 spiro atoms. The number of rotatable bonds is 3. The molecule has 1 aromatic carbocycles. The van der Waals surface area contributed by atoms with Gasteiger partial charge in [-0.2, -0.15) is 0 Å². The third kappa shape index (κ3) is 2.41. The second-order valence-corrected chi connectivity index (χ2v) is 6.27. The molecule has 0 radical (unpaired) electrons. The van der Waals surface area contributed by atoms with Crippen molar-refractivity contribution in [3.8, 4) is 0 Å². The Morgan fingerprint density at radius 2 is 1.84 bits per heavy atom. The lowest BCUT2D eigenvalue weighted by atomic mass is 9.64. The van der Waals surface area contributed by atoms with Crippen LogP contribution in [-0.2, 0) is 10.2 Å². The summed E-state index contributed by atoms with van der Waals surface area (Å²) in [5.74, 6) is 0.365. The van der Waals surface area contributed by atoms with Crippen LogP contribution in [0.15, 0.2) is 24.3 Å². The van der Waals surface area contributed by atoms with Crippen molar-refractivity contribution in [1.29, 1.82) is 0 Å². The first-order chi connectivity index (χ1) is 9.20. The summed E-state index contributed by atoms with van der Waals surface area (Å²) < 4.78 is 0. The summed E-state index contributed by atoms with van der Waals surface area (Å²) in [4.78, 5) is 14.1. The second-order valence-electron chi connectivity index (χ2n) is 6.27. The zero-order valence-corrected chi connectivity index (χ0v) is 11.8. The third-order valence-electron chi connectivity index (χ3n) is 4.89. The summed E-state index contributed by atoms with van der Waals surface area (Å²) in [5.41, 5.74) is 3.00. The first kappa shape index (κ1) is 12.7. The Kier molecular flexibility index (Phi) is 3.34. The Morgan fingerprint density at radius 3 is 2.42 bits per heavy atom. The van der Waals surface area contributed by atoms with E-state index in [0.717, 1.165) is 25.9 Å². The molecule has 1 aliphatic heterocycles. The molecule has 1 amide bonds. The van der Waals surface area contributed by atoms with Gasteiger partial charge in [-0.1, -0.05) is 36.2 Å². The van der Waals surface area contributed by atoms with E-state index in [0.29, 0.717) is 5.91 Å².